The van der Waals surface area contributed by atoms with Crippen LogP contribution in [-0.2, 0) is 37.0 Å². The SMILES string of the molecule is O=C(CC1(NC(=O)OCc2ccccc2)CCCCC1)OC(=O)CC1(NC(=O)OCc2ccccc2)CCCCC1. The fourth-order valence-electron chi connectivity index (χ4n) is 5.85. The van der Waals surface area contributed by atoms with Gasteiger partial charge in [0.25, 0.3) is 0 Å². The number of nitrogens with one attached hydrogen (secondary N) is 2. The molecule has 0 spiro atoms. The molecule has 0 bridgehead atoms. The van der Waals surface area contributed by atoms with Crippen molar-refractivity contribution in [1.29, 1.82) is 0 Å². The number of carbonyl (C=O) groups excluding carboxylic acids is 4. The van der Waals surface area contributed by atoms with Crippen LogP contribution in [0.2, 0.25) is 0 Å². The number of hydrogen-bond donors (Lipinski definition) is 2. The normalized spacial score (nSPS) is 17.5. The molecule has 9 nitrogen and oxygen atoms in total. The lowest BCUT2D eigenvalue weighted by Crippen LogP contribution is -2.52. The molecule has 2 aromatic carbocycles. The van der Waals surface area contributed by atoms with Gasteiger partial charge in [-0.15, -0.1) is 0 Å². The molecular weight excluding hydrogens is 524 g/mol. The molecule has 9 heteroatoms. The summed E-state index contributed by atoms with van der Waals surface area (Å²) in [6.07, 6.45) is 6.31. The van der Waals surface area contributed by atoms with E-state index in [4.69, 9.17) is 14.2 Å². The molecule has 41 heavy (non-hydrogen) atoms. The summed E-state index contributed by atoms with van der Waals surface area (Å²) in [6.45, 7) is 0.239. The molecule has 0 atom stereocenters. The van der Waals surface area contributed by atoms with Crippen LogP contribution in [0.1, 0.15) is 88.2 Å². The molecule has 2 aliphatic rings. The highest BCUT2D eigenvalue weighted by molar-refractivity contribution is 5.87. The molecule has 2 aromatic rings. The van der Waals surface area contributed by atoms with Gasteiger partial charge in [-0.1, -0.05) is 99.2 Å². The molecule has 0 unspecified atom stereocenters. The summed E-state index contributed by atoms with van der Waals surface area (Å²) >= 11 is 0. The number of esters is 2. The molecule has 2 N–H and O–H groups in total. The highest BCUT2D eigenvalue weighted by Crippen LogP contribution is 2.34. The lowest BCUT2D eigenvalue weighted by Gasteiger charge is -2.37. The van der Waals surface area contributed by atoms with Gasteiger partial charge in [-0.25, -0.2) is 9.59 Å². The van der Waals surface area contributed by atoms with Gasteiger partial charge in [0.1, 0.15) is 13.2 Å². The Morgan fingerprint density at radius 1 is 0.561 bits per heavy atom. The Labute approximate surface area is 241 Å². The first-order valence-electron chi connectivity index (χ1n) is 14.6. The summed E-state index contributed by atoms with van der Waals surface area (Å²) in [5, 5.41) is 5.80. The van der Waals surface area contributed by atoms with E-state index in [0.717, 1.165) is 49.7 Å². The van der Waals surface area contributed by atoms with Crippen molar-refractivity contribution in [2.75, 3.05) is 0 Å². The number of rotatable bonds is 10. The maximum absolute atomic E-state index is 13.0. The monoisotopic (exact) mass is 564 g/mol. The first-order valence-corrected chi connectivity index (χ1v) is 14.6. The standard InChI is InChI=1S/C32H40N2O7/c35-27(21-31(17-9-3-10-18-31)33-29(37)39-23-25-13-5-1-6-14-25)41-28(36)22-32(19-11-4-12-20-32)34-30(38)40-24-26-15-7-2-8-16-26/h1-2,5-8,13-16H,3-4,9-12,17-24H2,(H,33,37)(H,34,38). The Bertz CT molecular complexity index is 1070. The van der Waals surface area contributed by atoms with Gasteiger partial charge < -0.3 is 24.8 Å². The number of alkyl carbamates (subject to hydrolysis) is 2. The van der Waals surface area contributed by atoms with E-state index < -0.39 is 35.2 Å². The van der Waals surface area contributed by atoms with Crippen molar-refractivity contribution in [2.45, 2.75) is 101 Å². The van der Waals surface area contributed by atoms with Crippen molar-refractivity contribution in [2.24, 2.45) is 0 Å². The molecule has 2 aliphatic carbocycles. The average Bonchev–Trinajstić information content (AvgIpc) is 2.96. The van der Waals surface area contributed by atoms with Gasteiger partial charge >= 0.3 is 24.1 Å². The van der Waals surface area contributed by atoms with E-state index in [1.165, 1.54) is 0 Å². The highest BCUT2D eigenvalue weighted by atomic mass is 16.6. The predicted octanol–water partition coefficient (Wildman–Crippen LogP) is 6.10. The summed E-state index contributed by atoms with van der Waals surface area (Å²) in [4.78, 5) is 51.2. The third kappa shape index (κ3) is 9.62. The Balaban J connectivity index is 1.30. The zero-order chi connectivity index (χ0) is 29.0. The summed E-state index contributed by atoms with van der Waals surface area (Å²) < 4.78 is 16.1. The molecular formula is C32H40N2O7. The Morgan fingerprint density at radius 2 is 0.927 bits per heavy atom. The summed E-state index contributed by atoms with van der Waals surface area (Å²) in [7, 11) is 0. The topological polar surface area (TPSA) is 120 Å². The molecule has 4 rings (SSSR count). The van der Waals surface area contributed by atoms with Crippen LogP contribution in [0.5, 0.6) is 0 Å². The van der Waals surface area contributed by atoms with Crippen molar-refractivity contribution in [1.82, 2.24) is 10.6 Å². The third-order valence-corrected chi connectivity index (χ3v) is 7.97. The van der Waals surface area contributed by atoms with Crippen molar-refractivity contribution in [3.8, 4) is 0 Å². The minimum absolute atomic E-state index is 0.120. The van der Waals surface area contributed by atoms with Crippen LogP contribution in [0.25, 0.3) is 0 Å². The van der Waals surface area contributed by atoms with Crippen molar-refractivity contribution in [3.05, 3.63) is 71.8 Å². The van der Waals surface area contributed by atoms with E-state index in [2.05, 4.69) is 10.6 Å². The smallest absolute Gasteiger partial charge is 0.407 e. The van der Waals surface area contributed by atoms with E-state index in [1.807, 2.05) is 60.7 Å². The van der Waals surface area contributed by atoms with E-state index in [0.29, 0.717) is 25.7 Å². The molecule has 0 saturated heterocycles. The number of benzene rings is 2. The van der Waals surface area contributed by atoms with E-state index in [9.17, 15) is 19.2 Å². The third-order valence-electron chi connectivity index (χ3n) is 7.97. The molecule has 0 radical (unpaired) electrons. The second-order valence-electron chi connectivity index (χ2n) is 11.3. The maximum atomic E-state index is 13.0. The van der Waals surface area contributed by atoms with Crippen LogP contribution in [-0.4, -0.2) is 35.2 Å². The van der Waals surface area contributed by atoms with Crippen LogP contribution in [0.15, 0.2) is 60.7 Å². The van der Waals surface area contributed by atoms with Crippen LogP contribution in [0, 0.1) is 0 Å². The molecule has 220 valence electrons. The van der Waals surface area contributed by atoms with Gasteiger partial charge in [-0.3, -0.25) is 9.59 Å². The van der Waals surface area contributed by atoms with Gasteiger partial charge in [0.15, 0.2) is 0 Å². The highest BCUT2D eigenvalue weighted by Gasteiger charge is 2.40. The molecule has 0 heterocycles. The van der Waals surface area contributed by atoms with E-state index in [-0.39, 0.29) is 26.1 Å². The minimum atomic E-state index is -0.828. The average molecular weight is 565 g/mol. The van der Waals surface area contributed by atoms with Crippen molar-refractivity contribution in [3.63, 3.8) is 0 Å². The largest absolute Gasteiger partial charge is 0.445 e. The number of ether oxygens (including phenoxy) is 3. The molecule has 2 fully saturated rings. The zero-order valence-electron chi connectivity index (χ0n) is 23.5. The van der Waals surface area contributed by atoms with E-state index in [1.54, 1.807) is 0 Å². The first-order chi connectivity index (χ1) is 19.9. The van der Waals surface area contributed by atoms with Crippen LogP contribution in [0.3, 0.4) is 0 Å². The molecule has 0 aromatic heterocycles. The fourth-order valence-corrected chi connectivity index (χ4v) is 5.85. The van der Waals surface area contributed by atoms with Crippen LogP contribution >= 0.6 is 0 Å². The van der Waals surface area contributed by atoms with Gasteiger partial charge in [-0.2, -0.15) is 0 Å². The maximum Gasteiger partial charge on any atom is 0.407 e. The number of carbonyl (C=O) groups is 4. The minimum Gasteiger partial charge on any atom is -0.445 e. The summed E-state index contributed by atoms with van der Waals surface area (Å²) in [5.74, 6) is -1.39. The second kappa shape index (κ2) is 14.7. The predicted molar refractivity (Wildman–Crippen MR) is 151 cm³/mol. The van der Waals surface area contributed by atoms with Gasteiger partial charge in [0, 0.05) is 0 Å². The Hall–Kier alpha value is -3.88. The molecule has 2 amide bonds. The van der Waals surface area contributed by atoms with Crippen LogP contribution < -0.4 is 10.6 Å². The zero-order valence-corrected chi connectivity index (χ0v) is 23.5. The number of amides is 2. The van der Waals surface area contributed by atoms with Crippen LogP contribution in [0.4, 0.5) is 9.59 Å². The van der Waals surface area contributed by atoms with Gasteiger partial charge in [-0.05, 0) is 36.8 Å². The summed E-state index contributed by atoms with van der Waals surface area (Å²) in [6, 6.07) is 18.7. The van der Waals surface area contributed by atoms with Crippen molar-refractivity contribution >= 4 is 24.1 Å². The summed E-state index contributed by atoms with van der Waals surface area (Å²) in [5.41, 5.74) is 0.0654. The first kappa shape index (κ1) is 30.1. The Kier molecular flexibility index (Phi) is 10.8. The molecule has 0 aliphatic heterocycles. The quantitative estimate of drug-likeness (QED) is 0.203. The second-order valence-corrected chi connectivity index (χ2v) is 11.3. The van der Waals surface area contributed by atoms with Gasteiger partial charge in [0.2, 0.25) is 0 Å². The molecule has 2 saturated carbocycles. The van der Waals surface area contributed by atoms with Gasteiger partial charge in [0.05, 0.1) is 23.9 Å². The fraction of sp³-hybridized carbons (Fsp3) is 0.500. The lowest BCUT2D eigenvalue weighted by molar-refractivity contribution is -0.162. The van der Waals surface area contributed by atoms with Crippen molar-refractivity contribution < 1.29 is 33.4 Å². The lowest BCUT2D eigenvalue weighted by atomic mass is 9.79. The van der Waals surface area contributed by atoms with E-state index >= 15 is 0 Å². The Morgan fingerprint density at radius 3 is 1.29 bits per heavy atom. The number of hydrogen-bond acceptors (Lipinski definition) is 7.